The van der Waals surface area contributed by atoms with Crippen LogP contribution in [0.2, 0.25) is 0 Å². The summed E-state index contributed by atoms with van der Waals surface area (Å²) >= 11 is 3.44. The fourth-order valence-corrected chi connectivity index (χ4v) is 1.84. The molecule has 2 N–H and O–H groups in total. The summed E-state index contributed by atoms with van der Waals surface area (Å²) in [5, 5.41) is 0. The molecule has 72 valence electrons. The molecule has 3 heteroatoms. The van der Waals surface area contributed by atoms with Gasteiger partial charge in [0.25, 0.3) is 0 Å². The van der Waals surface area contributed by atoms with Crippen molar-refractivity contribution in [3.63, 3.8) is 0 Å². The zero-order valence-electron chi connectivity index (χ0n) is 8.05. The van der Waals surface area contributed by atoms with E-state index in [1.54, 1.807) is 0 Å². The molecule has 0 fully saturated rings. The van der Waals surface area contributed by atoms with Gasteiger partial charge in [-0.1, -0.05) is 15.9 Å². The molecular formula is C10H15BrN2. The number of rotatable bonds is 3. The molecule has 13 heavy (non-hydrogen) atoms. The molecule has 0 saturated carbocycles. The Morgan fingerprint density at radius 1 is 1.46 bits per heavy atom. The van der Waals surface area contributed by atoms with Crippen molar-refractivity contribution in [3.8, 4) is 0 Å². The Morgan fingerprint density at radius 3 is 2.69 bits per heavy atom. The number of likely N-dealkylation sites (N-methyl/N-ethyl adjacent to an activating group) is 1. The summed E-state index contributed by atoms with van der Waals surface area (Å²) in [6, 6.07) is 6.27. The lowest BCUT2D eigenvalue weighted by atomic mass is 10.2. The van der Waals surface area contributed by atoms with Gasteiger partial charge in [0.1, 0.15) is 0 Å². The molecular weight excluding hydrogens is 228 g/mol. The minimum Gasteiger partial charge on any atom is -0.373 e. The molecule has 0 unspecified atom stereocenters. The van der Waals surface area contributed by atoms with Crippen LogP contribution in [0, 0.1) is 6.92 Å². The maximum Gasteiger partial charge on any atom is 0.0394 e. The number of halogens is 1. The van der Waals surface area contributed by atoms with Crippen molar-refractivity contribution in [1.29, 1.82) is 0 Å². The summed E-state index contributed by atoms with van der Waals surface area (Å²) in [5.41, 5.74) is 8.01. The number of benzene rings is 1. The number of nitrogens with zero attached hydrogens (tertiary/aromatic N) is 1. The van der Waals surface area contributed by atoms with Crippen LogP contribution in [0.4, 0.5) is 5.69 Å². The summed E-state index contributed by atoms with van der Waals surface area (Å²) in [6.07, 6.45) is 0. The van der Waals surface area contributed by atoms with E-state index >= 15 is 0 Å². The highest BCUT2D eigenvalue weighted by Gasteiger charge is 2.02. The molecule has 1 aromatic carbocycles. The molecule has 0 aliphatic heterocycles. The van der Waals surface area contributed by atoms with Gasteiger partial charge in [-0.2, -0.15) is 0 Å². The first-order valence-electron chi connectivity index (χ1n) is 4.32. The molecule has 2 nitrogen and oxygen atoms in total. The van der Waals surface area contributed by atoms with Crippen molar-refractivity contribution < 1.29 is 0 Å². The monoisotopic (exact) mass is 242 g/mol. The van der Waals surface area contributed by atoms with Crippen LogP contribution in [0.15, 0.2) is 22.7 Å². The third-order valence-corrected chi connectivity index (χ3v) is 2.53. The fraction of sp³-hybridized carbons (Fsp3) is 0.400. The van der Waals surface area contributed by atoms with Crippen molar-refractivity contribution >= 4 is 21.6 Å². The quantitative estimate of drug-likeness (QED) is 0.881. The first kappa shape index (κ1) is 10.5. The molecule has 0 heterocycles. The van der Waals surface area contributed by atoms with Gasteiger partial charge in [0.2, 0.25) is 0 Å². The van der Waals surface area contributed by atoms with Gasteiger partial charge in [-0.15, -0.1) is 0 Å². The molecule has 0 atom stereocenters. The van der Waals surface area contributed by atoms with E-state index in [0.717, 1.165) is 11.0 Å². The Labute approximate surface area is 87.9 Å². The van der Waals surface area contributed by atoms with Gasteiger partial charge >= 0.3 is 0 Å². The van der Waals surface area contributed by atoms with Gasteiger partial charge in [-0.3, -0.25) is 0 Å². The number of hydrogen-bond donors (Lipinski definition) is 1. The molecule has 1 aromatic rings. The first-order chi connectivity index (χ1) is 6.15. The number of hydrogen-bond acceptors (Lipinski definition) is 2. The Kier molecular flexibility index (Phi) is 3.75. The van der Waals surface area contributed by atoms with Crippen molar-refractivity contribution in [1.82, 2.24) is 0 Å². The van der Waals surface area contributed by atoms with Crippen molar-refractivity contribution in [2.45, 2.75) is 6.92 Å². The van der Waals surface area contributed by atoms with E-state index in [-0.39, 0.29) is 0 Å². The van der Waals surface area contributed by atoms with Crippen molar-refractivity contribution in [2.75, 3.05) is 25.0 Å². The third kappa shape index (κ3) is 2.71. The number of anilines is 1. The minimum atomic E-state index is 0.687. The predicted molar refractivity (Wildman–Crippen MR) is 61.2 cm³/mol. The number of nitrogens with two attached hydrogens (primary N) is 1. The lowest BCUT2D eigenvalue weighted by Crippen LogP contribution is -2.25. The van der Waals surface area contributed by atoms with Crippen LogP contribution in [0.3, 0.4) is 0 Å². The van der Waals surface area contributed by atoms with Gasteiger partial charge < -0.3 is 10.6 Å². The van der Waals surface area contributed by atoms with Crippen LogP contribution >= 0.6 is 15.9 Å². The Bertz CT molecular complexity index is 286. The van der Waals surface area contributed by atoms with Gasteiger partial charge in [0.05, 0.1) is 0 Å². The smallest absolute Gasteiger partial charge is 0.0394 e. The lowest BCUT2D eigenvalue weighted by molar-refractivity contribution is 0.882. The average molecular weight is 243 g/mol. The fourth-order valence-electron chi connectivity index (χ4n) is 1.36. The molecule has 1 rings (SSSR count). The van der Waals surface area contributed by atoms with Crippen LogP contribution in [-0.2, 0) is 0 Å². The van der Waals surface area contributed by atoms with E-state index in [9.17, 15) is 0 Å². The Balaban J connectivity index is 2.88. The van der Waals surface area contributed by atoms with Crippen LogP contribution in [0.1, 0.15) is 5.56 Å². The molecule has 0 saturated heterocycles. The summed E-state index contributed by atoms with van der Waals surface area (Å²) in [5.74, 6) is 0. The maximum absolute atomic E-state index is 5.50. The van der Waals surface area contributed by atoms with Crippen LogP contribution in [0.5, 0.6) is 0 Å². The lowest BCUT2D eigenvalue weighted by Gasteiger charge is -2.20. The average Bonchev–Trinajstić information content (AvgIpc) is 2.04. The summed E-state index contributed by atoms with van der Waals surface area (Å²) in [7, 11) is 2.06. The Morgan fingerprint density at radius 2 is 2.15 bits per heavy atom. The maximum atomic E-state index is 5.50. The zero-order valence-corrected chi connectivity index (χ0v) is 9.63. The van der Waals surface area contributed by atoms with E-state index in [4.69, 9.17) is 5.73 Å². The molecule has 0 radical (unpaired) electrons. The highest BCUT2D eigenvalue weighted by molar-refractivity contribution is 9.10. The van der Waals surface area contributed by atoms with Crippen LogP contribution < -0.4 is 10.6 Å². The summed E-state index contributed by atoms with van der Waals surface area (Å²) in [4.78, 5) is 2.17. The first-order valence-corrected chi connectivity index (χ1v) is 5.12. The second-order valence-corrected chi connectivity index (χ2v) is 4.06. The van der Waals surface area contributed by atoms with Gasteiger partial charge in [-0.05, 0) is 30.7 Å². The normalized spacial score (nSPS) is 10.2. The second kappa shape index (κ2) is 4.63. The predicted octanol–water partition coefficient (Wildman–Crippen LogP) is 2.15. The van der Waals surface area contributed by atoms with E-state index in [1.165, 1.54) is 11.3 Å². The molecule has 0 bridgehead atoms. The molecule has 0 amide bonds. The highest BCUT2D eigenvalue weighted by Crippen LogP contribution is 2.22. The minimum absolute atomic E-state index is 0.687. The van der Waals surface area contributed by atoms with E-state index in [0.29, 0.717) is 6.54 Å². The molecule has 0 aliphatic carbocycles. The second-order valence-electron chi connectivity index (χ2n) is 3.14. The van der Waals surface area contributed by atoms with Crippen molar-refractivity contribution in [2.24, 2.45) is 5.73 Å². The highest BCUT2D eigenvalue weighted by atomic mass is 79.9. The standard InChI is InChI=1S/C10H15BrN2/c1-8-7-9(11)3-4-10(8)13(2)6-5-12/h3-4,7H,5-6,12H2,1-2H3. The SMILES string of the molecule is Cc1cc(Br)ccc1N(C)CCN. The topological polar surface area (TPSA) is 29.3 Å². The summed E-state index contributed by atoms with van der Waals surface area (Å²) < 4.78 is 1.12. The Hall–Kier alpha value is -0.540. The van der Waals surface area contributed by atoms with Crippen molar-refractivity contribution in [3.05, 3.63) is 28.2 Å². The van der Waals surface area contributed by atoms with E-state index in [2.05, 4.69) is 53.0 Å². The van der Waals surface area contributed by atoms with E-state index < -0.39 is 0 Å². The zero-order chi connectivity index (χ0) is 9.84. The van der Waals surface area contributed by atoms with Gasteiger partial charge in [-0.25, -0.2) is 0 Å². The largest absolute Gasteiger partial charge is 0.373 e. The van der Waals surface area contributed by atoms with Gasteiger partial charge in [0, 0.05) is 30.3 Å². The molecule has 0 spiro atoms. The summed E-state index contributed by atoms with van der Waals surface area (Å²) in [6.45, 7) is 3.68. The molecule has 0 aliphatic rings. The van der Waals surface area contributed by atoms with Crippen LogP contribution in [-0.4, -0.2) is 20.1 Å². The van der Waals surface area contributed by atoms with Crippen LogP contribution in [0.25, 0.3) is 0 Å². The van der Waals surface area contributed by atoms with E-state index in [1.807, 2.05) is 0 Å². The molecule has 0 aromatic heterocycles. The number of aryl methyl sites for hydroxylation is 1. The third-order valence-electron chi connectivity index (χ3n) is 2.03. The van der Waals surface area contributed by atoms with Gasteiger partial charge in [0.15, 0.2) is 0 Å².